The molecule has 0 heterocycles. The van der Waals surface area contributed by atoms with E-state index in [0.717, 1.165) is 0 Å². The highest BCUT2D eigenvalue weighted by atomic mass is 16.2. The van der Waals surface area contributed by atoms with E-state index in [1.807, 2.05) is 11.9 Å². The topological polar surface area (TPSA) is 20.3 Å². The summed E-state index contributed by atoms with van der Waals surface area (Å²) in [6, 6.07) is 0.497. The Balaban J connectivity index is 2.53. The van der Waals surface area contributed by atoms with Crippen LogP contribution in [0.4, 0.5) is 0 Å². The van der Waals surface area contributed by atoms with E-state index in [4.69, 9.17) is 0 Å². The van der Waals surface area contributed by atoms with Crippen LogP contribution in [0.5, 0.6) is 0 Å². The van der Waals surface area contributed by atoms with Gasteiger partial charge in [0.1, 0.15) is 0 Å². The molecule has 70 valence electrons. The number of hydrogen-bond donors (Lipinski definition) is 0. The maximum Gasteiger partial charge on any atom is 0.219 e. The number of carbonyl (C=O) groups is 1. The first-order valence-corrected chi connectivity index (χ1v) is 4.86. The van der Waals surface area contributed by atoms with Crippen molar-refractivity contribution in [3.8, 4) is 0 Å². The third-order valence-electron chi connectivity index (χ3n) is 3.06. The average Bonchev–Trinajstić information content (AvgIpc) is 2.04. The highest BCUT2D eigenvalue weighted by Gasteiger charge is 2.25. The van der Waals surface area contributed by atoms with Crippen molar-refractivity contribution in [2.75, 3.05) is 7.05 Å². The predicted octanol–water partition coefficient (Wildman–Crippen LogP) is 2.04. The van der Waals surface area contributed by atoms with Crippen molar-refractivity contribution in [3.05, 3.63) is 0 Å². The fourth-order valence-electron chi connectivity index (χ4n) is 2.11. The molecule has 1 amide bonds. The number of hydrogen-bond acceptors (Lipinski definition) is 1. The van der Waals surface area contributed by atoms with Crippen LogP contribution in [0.2, 0.25) is 0 Å². The summed E-state index contributed by atoms with van der Waals surface area (Å²) >= 11 is 0. The lowest BCUT2D eigenvalue weighted by Crippen LogP contribution is -2.41. The van der Waals surface area contributed by atoms with Crippen molar-refractivity contribution in [1.82, 2.24) is 4.90 Å². The van der Waals surface area contributed by atoms with E-state index in [-0.39, 0.29) is 5.91 Å². The summed E-state index contributed by atoms with van der Waals surface area (Å²) in [5.74, 6) is 0.890. The Bertz CT molecular complexity index is 167. The molecule has 1 saturated carbocycles. The molecule has 0 aliphatic heterocycles. The molecule has 0 spiro atoms. The van der Waals surface area contributed by atoms with Gasteiger partial charge in [0.2, 0.25) is 5.91 Å². The van der Waals surface area contributed by atoms with Crippen molar-refractivity contribution >= 4 is 5.91 Å². The first-order chi connectivity index (χ1) is 5.63. The van der Waals surface area contributed by atoms with Gasteiger partial charge >= 0.3 is 0 Å². The van der Waals surface area contributed by atoms with Gasteiger partial charge in [-0.25, -0.2) is 0 Å². The van der Waals surface area contributed by atoms with Crippen LogP contribution in [0.3, 0.4) is 0 Å². The molecule has 0 aromatic heterocycles. The Morgan fingerprint density at radius 3 is 2.42 bits per heavy atom. The monoisotopic (exact) mass is 169 g/mol. The summed E-state index contributed by atoms with van der Waals surface area (Å²) in [5, 5.41) is 0. The summed E-state index contributed by atoms with van der Waals surface area (Å²) in [6.07, 6.45) is 5.09. The Hall–Kier alpha value is -0.530. The quantitative estimate of drug-likeness (QED) is 0.588. The van der Waals surface area contributed by atoms with Crippen LogP contribution < -0.4 is 0 Å². The van der Waals surface area contributed by atoms with Gasteiger partial charge in [-0.3, -0.25) is 4.79 Å². The van der Waals surface area contributed by atoms with Gasteiger partial charge in [-0.05, 0) is 18.8 Å². The molecule has 0 N–H and O–H groups in total. The summed E-state index contributed by atoms with van der Waals surface area (Å²) in [7, 11) is 1.93. The Morgan fingerprint density at radius 1 is 1.33 bits per heavy atom. The van der Waals surface area contributed by atoms with Gasteiger partial charge in [0, 0.05) is 20.0 Å². The predicted molar refractivity (Wildman–Crippen MR) is 49.9 cm³/mol. The van der Waals surface area contributed by atoms with E-state index in [1.165, 1.54) is 25.7 Å². The van der Waals surface area contributed by atoms with Crippen LogP contribution in [-0.4, -0.2) is 23.9 Å². The number of rotatable bonds is 1. The summed E-state index contributed by atoms with van der Waals surface area (Å²) < 4.78 is 0. The molecule has 1 fully saturated rings. The molecule has 1 rings (SSSR count). The molecule has 2 heteroatoms. The van der Waals surface area contributed by atoms with Crippen LogP contribution >= 0.6 is 0 Å². The molecule has 1 aliphatic rings. The molecule has 1 aliphatic carbocycles. The molecule has 0 bridgehead atoms. The van der Waals surface area contributed by atoms with E-state index >= 15 is 0 Å². The van der Waals surface area contributed by atoms with E-state index in [9.17, 15) is 4.79 Å². The van der Waals surface area contributed by atoms with Crippen LogP contribution in [0.25, 0.3) is 0 Å². The molecule has 0 radical (unpaired) electrons. The zero-order chi connectivity index (χ0) is 9.14. The normalized spacial score (nSPS) is 29.9. The van der Waals surface area contributed by atoms with Crippen molar-refractivity contribution in [1.29, 1.82) is 0 Å². The zero-order valence-electron chi connectivity index (χ0n) is 8.34. The molecular weight excluding hydrogens is 150 g/mol. The molecule has 0 aromatic carbocycles. The van der Waals surface area contributed by atoms with Crippen molar-refractivity contribution < 1.29 is 4.79 Å². The third-order valence-corrected chi connectivity index (χ3v) is 3.06. The number of carbonyl (C=O) groups excluding carboxylic acids is 1. The van der Waals surface area contributed by atoms with E-state index in [0.29, 0.717) is 12.0 Å². The highest BCUT2D eigenvalue weighted by Crippen LogP contribution is 2.27. The van der Waals surface area contributed by atoms with Gasteiger partial charge in [-0.1, -0.05) is 19.8 Å². The molecule has 12 heavy (non-hydrogen) atoms. The van der Waals surface area contributed by atoms with Crippen molar-refractivity contribution in [2.24, 2.45) is 5.92 Å². The Kier molecular flexibility index (Phi) is 3.12. The molecule has 0 aromatic rings. The van der Waals surface area contributed by atoms with Gasteiger partial charge in [0.05, 0.1) is 0 Å². The number of nitrogens with zero attached hydrogens (tertiary/aromatic N) is 1. The summed E-state index contributed by atoms with van der Waals surface area (Å²) in [4.78, 5) is 13.0. The van der Waals surface area contributed by atoms with Crippen molar-refractivity contribution in [3.63, 3.8) is 0 Å². The largest absolute Gasteiger partial charge is 0.343 e. The third kappa shape index (κ3) is 1.99. The second-order valence-corrected chi connectivity index (χ2v) is 3.96. The lowest BCUT2D eigenvalue weighted by Gasteiger charge is -2.35. The summed E-state index contributed by atoms with van der Waals surface area (Å²) in [5.41, 5.74) is 0. The average molecular weight is 169 g/mol. The van der Waals surface area contributed by atoms with E-state index < -0.39 is 0 Å². The van der Waals surface area contributed by atoms with Crippen LogP contribution in [0.1, 0.15) is 39.5 Å². The molecule has 2 unspecified atom stereocenters. The Labute approximate surface area is 74.9 Å². The van der Waals surface area contributed by atoms with E-state index in [1.54, 1.807) is 6.92 Å². The second kappa shape index (κ2) is 3.92. The first kappa shape index (κ1) is 9.56. The van der Waals surface area contributed by atoms with Gasteiger partial charge in [-0.15, -0.1) is 0 Å². The molecule has 0 saturated heterocycles. The minimum atomic E-state index is 0.203. The Morgan fingerprint density at radius 2 is 1.92 bits per heavy atom. The standard InChI is InChI=1S/C10H19NO/c1-8-6-4-5-7-10(8)11(3)9(2)12/h8,10H,4-7H2,1-3H3. The highest BCUT2D eigenvalue weighted by molar-refractivity contribution is 5.73. The zero-order valence-corrected chi connectivity index (χ0v) is 8.34. The number of amides is 1. The van der Waals surface area contributed by atoms with Gasteiger partial charge in [-0.2, -0.15) is 0 Å². The van der Waals surface area contributed by atoms with Crippen LogP contribution in [-0.2, 0) is 4.79 Å². The van der Waals surface area contributed by atoms with Crippen molar-refractivity contribution in [2.45, 2.75) is 45.6 Å². The fraction of sp³-hybridized carbons (Fsp3) is 0.900. The van der Waals surface area contributed by atoms with Gasteiger partial charge in [0.25, 0.3) is 0 Å². The lowest BCUT2D eigenvalue weighted by atomic mass is 9.85. The first-order valence-electron chi connectivity index (χ1n) is 4.86. The minimum Gasteiger partial charge on any atom is -0.343 e. The molecular formula is C10H19NO. The smallest absolute Gasteiger partial charge is 0.219 e. The van der Waals surface area contributed by atoms with Crippen LogP contribution in [0.15, 0.2) is 0 Å². The second-order valence-electron chi connectivity index (χ2n) is 3.96. The maximum absolute atomic E-state index is 11.1. The minimum absolute atomic E-state index is 0.203. The fourth-order valence-corrected chi connectivity index (χ4v) is 2.11. The lowest BCUT2D eigenvalue weighted by molar-refractivity contribution is -0.131. The SMILES string of the molecule is CC(=O)N(C)C1CCCCC1C. The molecule has 2 nitrogen and oxygen atoms in total. The van der Waals surface area contributed by atoms with Gasteiger partial charge < -0.3 is 4.90 Å². The van der Waals surface area contributed by atoms with E-state index in [2.05, 4.69) is 6.92 Å². The maximum atomic E-state index is 11.1. The van der Waals surface area contributed by atoms with Gasteiger partial charge in [0.15, 0.2) is 0 Å². The molecule has 2 atom stereocenters. The summed E-state index contributed by atoms with van der Waals surface area (Å²) in [6.45, 7) is 3.91. The van der Waals surface area contributed by atoms with Crippen LogP contribution in [0, 0.1) is 5.92 Å².